The molecule has 1 atom stereocenters. The van der Waals surface area contributed by atoms with Crippen molar-refractivity contribution in [1.82, 2.24) is 9.78 Å². The molecule has 0 amide bonds. The average Bonchev–Trinajstić information content (AvgIpc) is 2.78. The Hall–Kier alpha value is -1.68. The minimum Gasteiger partial charge on any atom is -0.398 e. The fourth-order valence-corrected chi connectivity index (χ4v) is 2.02. The molecule has 0 aliphatic carbocycles. The van der Waals surface area contributed by atoms with Crippen LogP contribution in [-0.2, 0) is 6.54 Å². The molecule has 1 aromatic carbocycles. The molecule has 5 heteroatoms. The van der Waals surface area contributed by atoms with E-state index in [4.69, 9.17) is 17.3 Å². The summed E-state index contributed by atoms with van der Waals surface area (Å²) in [6.07, 6.45) is 3.72. The van der Waals surface area contributed by atoms with Gasteiger partial charge in [0.1, 0.15) is 0 Å². The van der Waals surface area contributed by atoms with Crippen molar-refractivity contribution in [2.45, 2.75) is 26.4 Å². The SMILES string of the molecule is Cc1cc(N)c(Cl)cc1NC(C)Cn1cccn1. The molecule has 0 saturated heterocycles. The van der Waals surface area contributed by atoms with E-state index in [0.717, 1.165) is 17.8 Å². The number of nitrogen functional groups attached to an aromatic ring is 1. The fraction of sp³-hybridized carbons (Fsp3) is 0.308. The second-order valence-corrected chi connectivity index (χ2v) is 4.87. The fourth-order valence-electron chi connectivity index (χ4n) is 1.86. The van der Waals surface area contributed by atoms with Crippen molar-refractivity contribution >= 4 is 23.0 Å². The summed E-state index contributed by atoms with van der Waals surface area (Å²) in [5.74, 6) is 0. The molecule has 0 spiro atoms. The smallest absolute Gasteiger partial charge is 0.0656 e. The number of nitrogens with two attached hydrogens (primary N) is 1. The zero-order valence-corrected chi connectivity index (χ0v) is 11.3. The number of aryl methyl sites for hydroxylation is 1. The summed E-state index contributed by atoms with van der Waals surface area (Å²) < 4.78 is 1.89. The van der Waals surface area contributed by atoms with E-state index in [9.17, 15) is 0 Å². The highest BCUT2D eigenvalue weighted by atomic mass is 35.5. The molecule has 3 N–H and O–H groups in total. The van der Waals surface area contributed by atoms with Gasteiger partial charge in [-0.1, -0.05) is 11.6 Å². The molecular weight excluding hydrogens is 248 g/mol. The number of nitrogens with zero attached hydrogens (tertiary/aromatic N) is 2. The van der Waals surface area contributed by atoms with E-state index in [0.29, 0.717) is 10.7 Å². The van der Waals surface area contributed by atoms with Gasteiger partial charge in [0, 0.05) is 24.1 Å². The van der Waals surface area contributed by atoms with Crippen LogP contribution in [0.15, 0.2) is 30.6 Å². The normalized spacial score (nSPS) is 12.4. The lowest BCUT2D eigenvalue weighted by Gasteiger charge is -2.18. The van der Waals surface area contributed by atoms with Crippen molar-refractivity contribution in [3.63, 3.8) is 0 Å². The van der Waals surface area contributed by atoms with Crippen LogP contribution in [0.5, 0.6) is 0 Å². The predicted molar refractivity (Wildman–Crippen MR) is 75.9 cm³/mol. The molecule has 96 valence electrons. The van der Waals surface area contributed by atoms with Crippen molar-refractivity contribution < 1.29 is 0 Å². The van der Waals surface area contributed by atoms with Gasteiger partial charge in [0.15, 0.2) is 0 Å². The first kappa shape index (κ1) is 12.8. The standard InChI is InChI=1S/C13H17ClN4/c1-9-6-12(15)11(14)7-13(9)17-10(2)8-18-5-3-4-16-18/h3-7,10,17H,8,15H2,1-2H3. The number of hydrogen-bond acceptors (Lipinski definition) is 3. The van der Waals surface area contributed by atoms with Gasteiger partial charge in [-0.3, -0.25) is 4.68 Å². The van der Waals surface area contributed by atoms with Crippen LogP contribution in [0.1, 0.15) is 12.5 Å². The third kappa shape index (κ3) is 2.96. The first-order chi connectivity index (χ1) is 8.56. The van der Waals surface area contributed by atoms with E-state index in [2.05, 4.69) is 17.3 Å². The van der Waals surface area contributed by atoms with Gasteiger partial charge < -0.3 is 11.1 Å². The van der Waals surface area contributed by atoms with Gasteiger partial charge in [0.25, 0.3) is 0 Å². The van der Waals surface area contributed by atoms with Crippen LogP contribution < -0.4 is 11.1 Å². The number of nitrogens with one attached hydrogen (secondary N) is 1. The minimum absolute atomic E-state index is 0.253. The maximum absolute atomic E-state index is 6.03. The minimum atomic E-state index is 0.253. The Bertz CT molecular complexity index is 522. The highest BCUT2D eigenvalue weighted by molar-refractivity contribution is 6.33. The third-order valence-corrected chi connectivity index (χ3v) is 3.09. The van der Waals surface area contributed by atoms with E-state index >= 15 is 0 Å². The molecule has 0 saturated carbocycles. The van der Waals surface area contributed by atoms with E-state index in [1.807, 2.05) is 36.0 Å². The summed E-state index contributed by atoms with van der Waals surface area (Å²) in [5.41, 5.74) is 8.46. The summed E-state index contributed by atoms with van der Waals surface area (Å²) in [6, 6.07) is 5.91. The molecular formula is C13H17ClN4. The Morgan fingerprint density at radius 1 is 1.50 bits per heavy atom. The van der Waals surface area contributed by atoms with E-state index < -0.39 is 0 Å². The van der Waals surface area contributed by atoms with Gasteiger partial charge in [0.05, 0.1) is 17.3 Å². The molecule has 0 aliphatic rings. The van der Waals surface area contributed by atoms with Gasteiger partial charge in [0.2, 0.25) is 0 Å². The summed E-state index contributed by atoms with van der Waals surface area (Å²) in [5, 5.41) is 8.18. The summed E-state index contributed by atoms with van der Waals surface area (Å²) in [4.78, 5) is 0. The Morgan fingerprint density at radius 3 is 2.94 bits per heavy atom. The molecule has 0 radical (unpaired) electrons. The molecule has 4 nitrogen and oxygen atoms in total. The highest BCUT2D eigenvalue weighted by Gasteiger charge is 2.07. The van der Waals surface area contributed by atoms with Crippen LogP contribution in [0.25, 0.3) is 0 Å². The van der Waals surface area contributed by atoms with Crippen molar-refractivity contribution in [2.24, 2.45) is 0 Å². The lowest BCUT2D eigenvalue weighted by atomic mass is 10.1. The van der Waals surface area contributed by atoms with Crippen LogP contribution in [0, 0.1) is 6.92 Å². The first-order valence-electron chi connectivity index (χ1n) is 5.86. The lowest BCUT2D eigenvalue weighted by Crippen LogP contribution is -2.22. The number of hydrogen-bond donors (Lipinski definition) is 2. The monoisotopic (exact) mass is 264 g/mol. The average molecular weight is 265 g/mol. The quantitative estimate of drug-likeness (QED) is 0.835. The molecule has 1 heterocycles. The molecule has 1 unspecified atom stereocenters. The van der Waals surface area contributed by atoms with E-state index in [1.54, 1.807) is 6.20 Å². The Kier molecular flexibility index (Phi) is 3.77. The molecule has 0 bridgehead atoms. The highest BCUT2D eigenvalue weighted by Crippen LogP contribution is 2.27. The van der Waals surface area contributed by atoms with Gasteiger partial charge in [-0.2, -0.15) is 5.10 Å². The molecule has 2 rings (SSSR count). The van der Waals surface area contributed by atoms with Crippen LogP contribution in [0.3, 0.4) is 0 Å². The number of aromatic nitrogens is 2. The van der Waals surface area contributed by atoms with Gasteiger partial charge >= 0.3 is 0 Å². The molecule has 0 aliphatic heterocycles. The molecule has 2 aromatic rings. The Morgan fingerprint density at radius 2 is 2.28 bits per heavy atom. The topological polar surface area (TPSA) is 55.9 Å². The van der Waals surface area contributed by atoms with Crippen LogP contribution in [0.4, 0.5) is 11.4 Å². The van der Waals surface area contributed by atoms with Crippen LogP contribution in [-0.4, -0.2) is 15.8 Å². The van der Waals surface area contributed by atoms with Gasteiger partial charge in [-0.05, 0) is 37.6 Å². The van der Waals surface area contributed by atoms with Crippen LogP contribution in [0.2, 0.25) is 5.02 Å². The Balaban J connectivity index is 2.07. The Labute approximate surface area is 112 Å². The van der Waals surface area contributed by atoms with Gasteiger partial charge in [-0.25, -0.2) is 0 Å². The number of halogens is 1. The van der Waals surface area contributed by atoms with Crippen molar-refractivity contribution in [3.8, 4) is 0 Å². The van der Waals surface area contributed by atoms with Gasteiger partial charge in [-0.15, -0.1) is 0 Å². The summed E-state index contributed by atoms with van der Waals surface area (Å²) in [6.45, 7) is 4.91. The zero-order valence-electron chi connectivity index (χ0n) is 10.5. The zero-order chi connectivity index (χ0) is 13.1. The maximum atomic E-state index is 6.03. The largest absolute Gasteiger partial charge is 0.398 e. The number of benzene rings is 1. The molecule has 18 heavy (non-hydrogen) atoms. The van der Waals surface area contributed by atoms with Crippen molar-refractivity contribution in [3.05, 3.63) is 41.2 Å². The summed E-state index contributed by atoms with van der Waals surface area (Å²) >= 11 is 6.03. The predicted octanol–water partition coefficient (Wildman–Crippen LogP) is 2.93. The molecule has 0 fully saturated rings. The summed E-state index contributed by atoms with van der Waals surface area (Å²) in [7, 11) is 0. The number of rotatable bonds is 4. The third-order valence-electron chi connectivity index (χ3n) is 2.77. The van der Waals surface area contributed by atoms with Crippen LogP contribution >= 0.6 is 11.6 Å². The molecule has 1 aromatic heterocycles. The second-order valence-electron chi connectivity index (χ2n) is 4.46. The lowest BCUT2D eigenvalue weighted by molar-refractivity contribution is 0.560. The second kappa shape index (κ2) is 5.31. The van der Waals surface area contributed by atoms with E-state index in [-0.39, 0.29) is 6.04 Å². The van der Waals surface area contributed by atoms with Crippen molar-refractivity contribution in [1.29, 1.82) is 0 Å². The van der Waals surface area contributed by atoms with Crippen molar-refractivity contribution in [2.75, 3.05) is 11.1 Å². The number of anilines is 2. The maximum Gasteiger partial charge on any atom is 0.0656 e. The first-order valence-corrected chi connectivity index (χ1v) is 6.23. The van der Waals surface area contributed by atoms with E-state index in [1.165, 1.54) is 0 Å².